The van der Waals surface area contributed by atoms with Gasteiger partial charge in [0.1, 0.15) is 12.7 Å². The molecule has 8 nitrogen and oxygen atoms in total. The van der Waals surface area contributed by atoms with Crippen molar-refractivity contribution in [1.29, 1.82) is 0 Å². The molecule has 0 bridgehead atoms. The second-order valence-electron chi connectivity index (χ2n) is 10.9. The third-order valence-electron chi connectivity index (χ3n) is 7.56. The molecule has 1 aromatic carbocycles. The van der Waals surface area contributed by atoms with E-state index in [-0.39, 0.29) is 36.5 Å². The summed E-state index contributed by atoms with van der Waals surface area (Å²) in [5.74, 6) is -3.75. The van der Waals surface area contributed by atoms with Gasteiger partial charge in [-0.3, -0.25) is 9.59 Å². The molecule has 0 spiro atoms. The molecule has 1 fully saturated rings. The van der Waals surface area contributed by atoms with Gasteiger partial charge in [0.2, 0.25) is 5.91 Å². The first-order chi connectivity index (χ1) is 18.7. The first-order valence-electron chi connectivity index (χ1n) is 14.1. The Morgan fingerprint density at radius 3 is 2.28 bits per heavy atom. The summed E-state index contributed by atoms with van der Waals surface area (Å²) < 4.78 is 11.5. The molecule has 2 N–H and O–H groups in total. The summed E-state index contributed by atoms with van der Waals surface area (Å²) in [7, 11) is 0. The van der Waals surface area contributed by atoms with Crippen LogP contribution in [-0.2, 0) is 25.5 Å². The molecule has 4 atom stereocenters. The standard InChI is InChI=1S/C30H42BrNO7/c1-21(2)24-20-38-29(36)32(24)28(35)23(18-22-14-10-9-11-15-22)27-25(34)19-26(31)30(37,39-27)16-12-7-5-3-4-6-8-13-17-33/h9-11,14-15,19,21,23-24,27,33,37H,3-8,12-13,16-18,20H2,1-2H3. The summed E-state index contributed by atoms with van der Waals surface area (Å²) >= 11 is 3.33. The first-order valence-corrected chi connectivity index (χ1v) is 14.9. The largest absolute Gasteiger partial charge is 0.447 e. The molecule has 39 heavy (non-hydrogen) atoms. The minimum absolute atomic E-state index is 0.0265. The average Bonchev–Trinajstić information content (AvgIpc) is 3.30. The highest BCUT2D eigenvalue weighted by molar-refractivity contribution is 9.11. The van der Waals surface area contributed by atoms with Gasteiger partial charge in [-0.25, -0.2) is 9.69 Å². The third-order valence-corrected chi connectivity index (χ3v) is 8.41. The zero-order chi connectivity index (χ0) is 28.4. The van der Waals surface area contributed by atoms with Gasteiger partial charge in [-0.1, -0.05) is 82.7 Å². The van der Waals surface area contributed by atoms with Crippen molar-refractivity contribution >= 4 is 33.7 Å². The van der Waals surface area contributed by atoms with Crippen LogP contribution in [0.2, 0.25) is 0 Å². The maximum atomic E-state index is 13.9. The van der Waals surface area contributed by atoms with Gasteiger partial charge in [-0.15, -0.1) is 0 Å². The monoisotopic (exact) mass is 607 g/mol. The quantitative estimate of drug-likeness (QED) is 0.260. The number of imide groups is 1. The molecule has 0 aliphatic carbocycles. The number of aliphatic hydroxyl groups is 2. The number of amides is 2. The Kier molecular flexibility index (Phi) is 12.2. The Balaban J connectivity index is 1.73. The number of cyclic esters (lactones) is 1. The number of ketones is 1. The second-order valence-corrected chi connectivity index (χ2v) is 11.8. The fourth-order valence-corrected chi connectivity index (χ4v) is 5.71. The van der Waals surface area contributed by atoms with Gasteiger partial charge in [0.25, 0.3) is 0 Å². The van der Waals surface area contributed by atoms with E-state index in [9.17, 15) is 19.5 Å². The highest BCUT2D eigenvalue weighted by Crippen LogP contribution is 2.38. The summed E-state index contributed by atoms with van der Waals surface area (Å²) in [6, 6.07) is 8.84. The number of rotatable bonds is 15. The van der Waals surface area contributed by atoms with E-state index in [1.165, 1.54) is 6.08 Å². The maximum Gasteiger partial charge on any atom is 0.416 e. The number of halogens is 1. The fourth-order valence-electron chi connectivity index (χ4n) is 5.19. The Morgan fingerprint density at radius 1 is 1.05 bits per heavy atom. The Bertz CT molecular complexity index is 998. The number of nitrogens with zero attached hydrogens (tertiary/aromatic N) is 1. The molecule has 3 rings (SSSR count). The van der Waals surface area contributed by atoms with Gasteiger partial charge >= 0.3 is 6.09 Å². The molecule has 0 saturated carbocycles. The van der Waals surface area contributed by atoms with Crippen LogP contribution in [0.25, 0.3) is 0 Å². The summed E-state index contributed by atoms with van der Waals surface area (Å²) in [6.07, 6.45) is 7.54. The van der Waals surface area contributed by atoms with Crippen molar-refractivity contribution in [3.05, 3.63) is 46.5 Å². The number of hydrogen-bond donors (Lipinski definition) is 2. The molecule has 2 amide bonds. The minimum Gasteiger partial charge on any atom is -0.447 e. The molecule has 2 heterocycles. The van der Waals surface area contributed by atoms with E-state index < -0.39 is 41.6 Å². The minimum atomic E-state index is -1.74. The van der Waals surface area contributed by atoms with E-state index in [0.29, 0.717) is 6.42 Å². The van der Waals surface area contributed by atoms with Crippen molar-refractivity contribution in [3.8, 4) is 0 Å². The van der Waals surface area contributed by atoms with E-state index in [0.717, 1.165) is 55.4 Å². The van der Waals surface area contributed by atoms with Gasteiger partial charge in [-0.2, -0.15) is 0 Å². The Morgan fingerprint density at radius 2 is 1.67 bits per heavy atom. The molecule has 0 radical (unpaired) electrons. The van der Waals surface area contributed by atoms with Crippen molar-refractivity contribution in [1.82, 2.24) is 4.90 Å². The summed E-state index contributed by atoms with van der Waals surface area (Å²) in [5, 5.41) is 20.3. The van der Waals surface area contributed by atoms with E-state index in [1.807, 2.05) is 44.2 Å². The highest BCUT2D eigenvalue weighted by atomic mass is 79.9. The SMILES string of the molecule is CC(C)C1COC(=O)N1C(=O)C(Cc1ccccc1)C1OC(O)(CCCCCCCCCCO)C(Br)=CC1=O. The number of benzene rings is 1. The number of carbonyl (C=O) groups excluding carboxylic acids is 3. The van der Waals surface area contributed by atoms with Gasteiger partial charge in [0.15, 0.2) is 11.6 Å². The van der Waals surface area contributed by atoms with Gasteiger partial charge in [0.05, 0.1) is 16.4 Å². The van der Waals surface area contributed by atoms with Crippen LogP contribution in [0.3, 0.4) is 0 Å². The normalized spacial score (nSPS) is 24.2. The van der Waals surface area contributed by atoms with E-state index in [2.05, 4.69) is 15.9 Å². The molecule has 1 saturated heterocycles. The van der Waals surface area contributed by atoms with Crippen LogP contribution >= 0.6 is 15.9 Å². The zero-order valence-corrected chi connectivity index (χ0v) is 24.6. The van der Waals surface area contributed by atoms with Crippen LogP contribution in [0.15, 0.2) is 40.9 Å². The van der Waals surface area contributed by atoms with Gasteiger partial charge in [-0.05, 0) is 52.7 Å². The molecule has 216 valence electrons. The fraction of sp³-hybridized carbons (Fsp3) is 0.633. The number of hydrogen-bond acceptors (Lipinski definition) is 7. The molecule has 4 unspecified atom stereocenters. The molecule has 9 heteroatoms. The average molecular weight is 609 g/mol. The molecule has 2 aliphatic heterocycles. The Labute approximate surface area is 239 Å². The zero-order valence-electron chi connectivity index (χ0n) is 23.0. The van der Waals surface area contributed by atoms with Crippen LogP contribution in [0, 0.1) is 11.8 Å². The van der Waals surface area contributed by atoms with Crippen molar-refractivity contribution in [3.63, 3.8) is 0 Å². The van der Waals surface area contributed by atoms with Crippen molar-refractivity contribution in [2.24, 2.45) is 11.8 Å². The van der Waals surface area contributed by atoms with Crippen molar-refractivity contribution < 1.29 is 34.1 Å². The summed E-state index contributed by atoms with van der Waals surface area (Å²) in [4.78, 5) is 40.9. The number of carbonyl (C=O) groups is 3. The number of aliphatic hydroxyl groups excluding tert-OH is 1. The van der Waals surface area contributed by atoms with E-state index in [4.69, 9.17) is 14.6 Å². The predicted molar refractivity (Wildman–Crippen MR) is 151 cm³/mol. The summed E-state index contributed by atoms with van der Waals surface area (Å²) in [5.41, 5.74) is 0.817. The van der Waals surface area contributed by atoms with Crippen molar-refractivity contribution in [2.75, 3.05) is 13.2 Å². The topological polar surface area (TPSA) is 113 Å². The molecular weight excluding hydrogens is 566 g/mol. The highest BCUT2D eigenvalue weighted by Gasteiger charge is 2.50. The lowest BCUT2D eigenvalue weighted by Crippen LogP contribution is -2.54. The van der Waals surface area contributed by atoms with Crippen LogP contribution in [0.1, 0.15) is 77.2 Å². The first kappa shape index (κ1) is 31.5. The maximum absolute atomic E-state index is 13.9. The van der Waals surface area contributed by atoms with Crippen LogP contribution in [-0.4, -0.2) is 64.0 Å². The van der Waals surface area contributed by atoms with Crippen LogP contribution < -0.4 is 0 Å². The third kappa shape index (κ3) is 8.46. The second kappa shape index (κ2) is 15.1. The van der Waals surface area contributed by atoms with Gasteiger partial charge in [0, 0.05) is 13.0 Å². The Hall–Kier alpha value is -2.07. The lowest BCUT2D eigenvalue weighted by atomic mass is 9.87. The molecular formula is C30H42BrNO7. The van der Waals surface area contributed by atoms with Crippen LogP contribution in [0.4, 0.5) is 4.79 Å². The van der Waals surface area contributed by atoms with E-state index >= 15 is 0 Å². The van der Waals surface area contributed by atoms with Gasteiger partial charge < -0.3 is 19.7 Å². The lowest BCUT2D eigenvalue weighted by Gasteiger charge is -2.39. The molecule has 1 aromatic rings. The molecule has 0 aromatic heterocycles. The number of ether oxygens (including phenoxy) is 2. The lowest BCUT2D eigenvalue weighted by molar-refractivity contribution is -0.218. The van der Waals surface area contributed by atoms with Crippen LogP contribution in [0.5, 0.6) is 0 Å². The molecule has 2 aliphatic rings. The smallest absolute Gasteiger partial charge is 0.416 e. The number of unbranched alkanes of at least 4 members (excludes halogenated alkanes) is 7. The summed E-state index contributed by atoms with van der Waals surface area (Å²) in [6.45, 7) is 4.17. The van der Waals surface area contributed by atoms with E-state index in [1.54, 1.807) is 0 Å². The predicted octanol–water partition coefficient (Wildman–Crippen LogP) is 5.29. The van der Waals surface area contributed by atoms with Crippen molar-refractivity contribution in [2.45, 2.75) is 96.0 Å².